The summed E-state index contributed by atoms with van der Waals surface area (Å²) < 4.78 is 1.86. The highest BCUT2D eigenvalue weighted by atomic mass is 15.1. The molecule has 2 aromatic rings. The lowest BCUT2D eigenvalue weighted by atomic mass is 10.3. The molecule has 0 bridgehead atoms. The van der Waals surface area contributed by atoms with Crippen molar-refractivity contribution in [2.45, 2.75) is 13.0 Å². The first-order valence-corrected chi connectivity index (χ1v) is 3.82. The van der Waals surface area contributed by atoms with Crippen LogP contribution in [0.3, 0.4) is 0 Å². The Hall–Kier alpha value is -1.42. The molecular formula is C8H10N4. The van der Waals surface area contributed by atoms with Gasteiger partial charge in [-0.05, 0) is 13.0 Å². The highest BCUT2D eigenvalue weighted by Crippen LogP contribution is 2.07. The first kappa shape index (κ1) is 7.24. The number of nitrogens with zero attached hydrogens (tertiary/aromatic N) is 3. The summed E-state index contributed by atoms with van der Waals surface area (Å²) in [6.07, 6.45) is 5.52. The smallest absolute Gasteiger partial charge is 0.233 e. The Balaban J connectivity index is 2.62. The molecule has 0 radical (unpaired) electrons. The molecule has 0 aliphatic heterocycles. The Bertz CT molecular complexity index is 358. The first-order valence-electron chi connectivity index (χ1n) is 3.82. The number of hydrogen-bond donors (Lipinski definition) is 1. The number of nitrogens with two attached hydrogens (primary N) is 1. The fourth-order valence-electron chi connectivity index (χ4n) is 1.07. The zero-order valence-corrected chi connectivity index (χ0v) is 6.81. The monoisotopic (exact) mass is 162 g/mol. The van der Waals surface area contributed by atoms with Crippen LogP contribution in [0.2, 0.25) is 0 Å². The van der Waals surface area contributed by atoms with Crippen molar-refractivity contribution < 1.29 is 0 Å². The van der Waals surface area contributed by atoms with E-state index in [0.717, 1.165) is 5.69 Å². The standard InChI is InChI=1S/C8H10N4/c1-6(9)7-5-12-4-2-3-10-8(12)11-7/h2-6H,9H2,1H3. The summed E-state index contributed by atoms with van der Waals surface area (Å²) in [6, 6.07) is 1.83. The maximum atomic E-state index is 5.67. The molecule has 4 heteroatoms. The average Bonchev–Trinajstić information content (AvgIpc) is 2.46. The highest BCUT2D eigenvalue weighted by Gasteiger charge is 2.04. The fraction of sp³-hybridized carbons (Fsp3) is 0.250. The zero-order chi connectivity index (χ0) is 8.55. The van der Waals surface area contributed by atoms with Gasteiger partial charge in [0.1, 0.15) is 0 Å². The molecule has 0 fully saturated rings. The number of fused-ring (bicyclic) bond motifs is 1. The molecule has 0 aliphatic carbocycles. The quantitative estimate of drug-likeness (QED) is 0.673. The minimum Gasteiger partial charge on any atom is -0.323 e. The van der Waals surface area contributed by atoms with Crippen molar-refractivity contribution >= 4 is 5.78 Å². The Kier molecular flexibility index (Phi) is 1.55. The average molecular weight is 162 g/mol. The molecule has 1 atom stereocenters. The molecule has 1 unspecified atom stereocenters. The molecule has 0 saturated carbocycles. The minimum atomic E-state index is -0.0355. The van der Waals surface area contributed by atoms with Gasteiger partial charge in [-0.15, -0.1) is 0 Å². The van der Waals surface area contributed by atoms with Gasteiger partial charge in [0.2, 0.25) is 5.78 Å². The Labute approximate surface area is 70.1 Å². The maximum absolute atomic E-state index is 5.67. The second kappa shape index (κ2) is 2.57. The van der Waals surface area contributed by atoms with Gasteiger partial charge in [0, 0.05) is 24.6 Å². The number of hydrogen-bond acceptors (Lipinski definition) is 3. The van der Waals surface area contributed by atoms with E-state index in [4.69, 9.17) is 5.73 Å². The lowest BCUT2D eigenvalue weighted by Gasteiger charge is -1.95. The molecule has 62 valence electrons. The van der Waals surface area contributed by atoms with Crippen LogP contribution >= 0.6 is 0 Å². The van der Waals surface area contributed by atoms with Gasteiger partial charge in [0.15, 0.2) is 0 Å². The van der Waals surface area contributed by atoms with Gasteiger partial charge in [-0.25, -0.2) is 9.97 Å². The Morgan fingerprint density at radius 2 is 2.42 bits per heavy atom. The first-order chi connectivity index (χ1) is 5.77. The number of rotatable bonds is 1. The second-order valence-corrected chi connectivity index (χ2v) is 2.78. The van der Waals surface area contributed by atoms with Crippen molar-refractivity contribution in [1.29, 1.82) is 0 Å². The predicted molar refractivity (Wildman–Crippen MR) is 45.6 cm³/mol. The molecule has 12 heavy (non-hydrogen) atoms. The van der Waals surface area contributed by atoms with Crippen LogP contribution in [0, 0.1) is 0 Å². The molecule has 4 nitrogen and oxygen atoms in total. The van der Waals surface area contributed by atoms with Crippen LogP contribution in [0.4, 0.5) is 0 Å². The van der Waals surface area contributed by atoms with Crippen LogP contribution in [0.5, 0.6) is 0 Å². The van der Waals surface area contributed by atoms with E-state index in [1.807, 2.05) is 29.8 Å². The summed E-state index contributed by atoms with van der Waals surface area (Å²) in [7, 11) is 0. The van der Waals surface area contributed by atoms with Gasteiger partial charge in [-0.3, -0.25) is 4.40 Å². The van der Waals surface area contributed by atoms with E-state index in [1.165, 1.54) is 0 Å². The van der Waals surface area contributed by atoms with E-state index in [-0.39, 0.29) is 6.04 Å². The highest BCUT2D eigenvalue weighted by molar-refractivity contribution is 5.30. The lowest BCUT2D eigenvalue weighted by molar-refractivity contribution is 0.789. The van der Waals surface area contributed by atoms with Crippen molar-refractivity contribution in [3.8, 4) is 0 Å². The van der Waals surface area contributed by atoms with Crippen molar-refractivity contribution in [1.82, 2.24) is 14.4 Å². The van der Waals surface area contributed by atoms with Crippen LogP contribution < -0.4 is 5.73 Å². The Morgan fingerprint density at radius 3 is 3.08 bits per heavy atom. The third kappa shape index (κ3) is 1.06. The van der Waals surface area contributed by atoms with Crippen molar-refractivity contribution in [2.24, 2.45) is 5.73 Å². The van der Waals surface area contributed by atoms with E-state index < -0.39 is 0 Å². The fourth-order valence-corrected chi connectivity index (χ4v) is 1.07. The van der Waals surface area contributed by atoms with Crippen LogP contribution in [0.25, 0.3) is 5.78 Å². The molecule has 2 N–H and O–H groups in total. The molecule has 2 heterocycles. The SMILES string of the molecule is CC(N)c1cn2cccnc2n1. The van der Waals surface area contributed by atoms with Gasteiger partial charge >= 0.3 is 0 Å². The molecule has 0 aromatic carbocycles. The van der Waals surface area contributed by atoms with Crippen molar-refractivity contribution in [3.05, 3.63) is 30.4 Å². The third-order valence-electron chi connectivity index (χ3n) is 1.72. The summed E-state index contributed by atoms with van der Waals surface area (Å²) in [5.41, 5.74) is 6.54. The van der Waals surface area contributed by atoms with E-state index in [0.29, 0.717) is 5.78 Å². The minimum absolute atomic E-state index is 0.0355. The van der Waals surface area contributed by atoms with Crippen LogP contribution in [0.15, 0.2) is 24.7 Å². The Morgan fingerprint density at radius 1 is 1.58 bits per heavy atom. The van der Waals surface area contributed by atoms with Gasteiger partial charge in [0.05, 0.1) is 5.69 Å². The number of aromatic nitrogens is 3. The normalized spacial score (nSPS) is 13.5. The summed E-state index contributed by atoms with van der Waals surface area (Å²) in [5.74, 6) is 0.699. The van der Waals surface area contributed by atoms with E-state index in [1.54, 1.807) is 6.20 Å². The zero-order valence-electron chi connectivity index (χ0n) is 6.81. The van der Waals surface area contributed by atoms with Crippen LogP contribution in [0.1, 0.15) is 18.7 Å². The lowest BCUT2D eigenvalue weighted by Crippen LogP contribution is -2.04. The topological polar surface area (TPSA) is 56.2 Å². The van der Waals surface area contributed by atoms with Gasteiger partial charge < -0.3 is 5.73 Å². The van der Waals surface area contributed by atoms with Gasteiger partial charge in [0.25, 0.3) is 0 Å². The summed E-state index contributed by atoms with van der Waals surface area (Å²) >= 11 is 0. The van der Waals surface area contributed by atoms with E-state index >= 15 is 0 Å². The van der Waals surface area contributed by atoms with Gasteiger partial charge in [-0.2, -0.15) is 0 Å². The van der Waals surface area contributed by atoms with Crippen LogP contribution in [-0.4, -0.2) is 14.4 Å². The van der Waals surface area contributed by atoms with E-state index in [2.05, 4.69) is 9.97 Å². The largest absolute Gasteiger partial charge is 0.323 e. The molecule has 0 amide bonds. The molecule has 2 aromatic heterocycles. The predicted octanol–water partition coefficient (Wildman–Crippen LogP) is 0.749. The van der Waals surface area contributed by atoms with Crippen molar-refractivity contribution in [3.63, 3.8) is 0 Å². The molecule has 0 spiro atoms. The third-order valence-corrected chi connectivity index (χ3v) is 1.72. The van der Waals surface area contributed by atoms with Crippen molar-refractivity contribution in [2.75, 3.05) is 0 Å². The summed E-state index contributed by atoms with van der Waals surface area (Å²) in [6.45, 7) is 1.90. The summed E-state index contributed by atoms with van der Waals surface area (Å²) in [4.78, 5) is 8.32. The van der Waals surface area contributed by atoms with Gasteiger partial charge in [-0.1, -0.05) is 0 Å². The number of imidazole rings is 1. The second-order valence-electron chi connectivity index (χ2n) is 2.78. The molecule has 0 saturated heterocycles. The van der Waals surface area contributed by atoms with Crippen LogP contribution in [-0.2, 0) is 0 Å². The molecule has 2 rings (SSSR count). The summed E-state index contributed by atoms with van der Waals surface area (Å²) in [5, 5.41) is 0. The molecule has 0 aliphatic rings. The molecular weight excluding hydrogens is 152 g/mol. The maximum Gasteiger partial charge on any atom is 0.233 e. The van der Waals surface area contributed by atoms with E-state index in [9.17, 15) is 0 Å².